The standard InChI is InChI=1S/C16H17ClN4O4S/c17-16-13(3-2-6-18-16)12-19-7-9-20(10-8-19)26(24,25)15-5-1-4-14(11-15)21(22)23/h1-6,11H,7-10,12H2. The van der Waals surface area contributed by atoms with Crippen molar-refractivity contribution < 1.29 is 13.3 Å². The third-order valence-electron chi connectivity index (χ3n) is 4.23. The number of halogens is 1. The summed E-state index contributed by atoms with van der Waals surface area (Å²) in [5.74, 6) is 0. The van der Waals surface area contributed by atoms with E-state index >= 15 is 0 Å². The van der Waals surface area contributed by atoms with E-state index in [-0.39, 0.29) is 10.6 Å². The van der Waals surface area contributed by atoms with Crippen LogP contribution >= 0.6 is 11.6 Å². The lowest BCUT2D eigenvalue weighted by Gasteiger charge is -2.34. The van der Waals surface area contributed by atoms with Gasteiger partial charge in [0.25, 0.3) is 5.69 Å². The van der Waals surface area contributed by atoms with E-state index in [2.05, 4.69) is 9.88 Å². The molecule has 0 N–H and O–H groups in total. The summed E-state index contributed by atoms with van der Waals surface area (Å²) in [5, 5.41) is 11.3. The van der Waals surface area contributed by atoms with Gasteiger partial charge in [-0.2, -0.15) is 4.31 Å². The minimum Gasteiger partial charge on any atom is -0.296 e. The Bertz CT molecular complexity index is 914. The summed E-state index contributed by atoms with van der Waals surface area (Å²) in [5.41, 5.74) is 0.653. The fourth-order valence-electron chi connectivity index (χ4n) is 2.81. The first-order valence-electron chi connectivity index (χ1n) is 7.94. The normalized spacial score (nSPS) is 16.5. The number of sulfonamides is 1. The number of hydrogen-bond acceptors (Lipinski definition) is 6. The van der Waals surface area contributed by atoms with Gasteiger partial charge in [-0.3, -0.25) is 15.0 Å². The Labute approximate surface area is 156 Å². The monoisotopic (exact) mass is 396 g/mol. The van der Waals surface area contributed by atoms with E-state index in [1.165, 1.54) is 22.5 Å². The predicted molar refractivity (Wildman–Crippen MR) is 96.4 cm³/mol. The molecule has 8 nitrogen and oxygen atoms in total. The highest BCUT2D eigenvalue weighted by molar-refractivity contribution is 7.89. The highest BCUT2D eigenvalue weighted by Crippen LogP contribution is 2.23. The first kappa shape index (κ1) is 18.7. The zero-order chi connectivity index (χ0) is 18.7. The largest absolute Gasteiger partial charge is 0.296 e. The van der Waals surface area contributed by atoms with Gasteiger partial charge in [0.05, 0.1) is 9.82 Å². The Kier molecular flexibility index (Phi) is 5.52. The number of nitrogens with zero attached hydrogens (tertiary/aromatic N) is 4. The van der Waals surface area contributed by atoms with E-state index in [9.17, 15) is 18.5 Å². The lowest BCUT2D eigenvalue weighted by atomic mass is 10.2. The van der Waals surface area contributed by atoms with Gasteiger partial charge in [0.1, 0.15) is 5.15 Å². The van der Waals surface area contributed by atoms with Crippen molar-refractivity contribution in [2.75, 3.05) is 26.2 Å². The van der Waals surface area contributed by atoms with Gasteiger partial charge in [0, 0.05) is 56.6 Å². The van der Waals surface area contributed by atoms with Crippen LogP contribution in [0.25, 0.3) is 0 Å². The summed E-state index contributed by atoms with van der Waals surface area (Å²) in [4.78, 5) is 16.4. The molecular formula is C16H17ClN4O4S. The van der Waals surface area contributed by atoms with Crippen LogP contribution in [-0.4, -0.2) is 53.7 Å². The third kappa shape index (κ3) is 4.01. The number of aromatic nitrogens is 1. The molecule has 2 aromatic rings. The van der Waals surface area contributed by atoms with Crippen molar-refractivity contribution in [3.8, 4) is 0 Å². The van der Waals surface area contributed by atoms with Crippen LogP contribution in [0.2, 0.25) is 5.15 Å². The zero-order valence-electron chi connectivity index (χ0n) is 13.8. The molecule has 1 fully saturated rings. The molecule has 0 unspecified atom stereocenters. The van der Waals surface area contributed by atoms with E-state index in [0.717, 1.165) is 11.6 Å². The molecule has 0 bridgehead atoms. The maximum atomic E-state index is 12.7. The lowest BCUT2D eigenvalue weighted by molar-refractivity contribution is -0.385. The predicted octanol–water partition coefficient (Wildman–Crippen LogP) is 2.15. The van der Waals surface area contributed by atoms with E-state index in [1.54, 1.807) is 6.20 Å². The summed E-state index contributed by atoms with van der Waals surface area (Å²) >= 11 is 6.07. The van der Waals surface area contributed by atoms with Crippen molar-refractivity contribution in [2.24, 2.45) is 0 Å². The van der Waals surface area contributed by atoms with Crippen molar-refractivity contribution in [2.45, 2.75) is 11.4 Å². The van der Waals surface area contributed by atoms with Gasteiger partial charge in [0.15, 0.2) is 0 Å². The van der Waals surface area contributed by atoms with Crippen LogP contribution in [0.1, 0.15) is 5.56 Å². The molecule has 1 aliphatic heterocycles. The average molecular weight is 397 g/mol. The van der Waals surface area contributed by atoms with Crippen molar-refractivity contribution in [3.05, 3.63) is 63.4 Å². The number of non-ortho nitro benzene ring substituents is 1. The number of pyridine rings is 1. The Hall–Kier alpha value is -2.07. The van der Waals surface area contributed by atoms with Crippen LogP contribution in [-0.2, 0) is 16.6 Å². The first-order chi connectivity index (χ1) is 12.4. The highest BCUT2D eigenvalue weighted by atomic mass is 35.5. The van der Waals surface area contributed by atoms with Gasteiger partial charge in [-0.25, -0.2) is 13.4 Å². The molecule has 1 aromatic heterocycles. The number of benzene rings is 1. The average Bonchev–Trinajstić information content (AvgIpc) is 2.64. The van der Waals surface area contributed by atoms with Crippen molar-refractivity contribution in [1.29, 1.82) is 0 Å². The molecule has 0 aliphatic carbocycles. The number of hydrogen-bond donors (Lipinski definition) is 0. The minimum atomic E-state index is -3.76. The number of rotatable bonds is 5. The SMILES string of the molecule is O=[N+]([O-])c1cccc(S(=O)(=O)N2CCN(Cc3cccnc3Cl)CC2)c1. The molecular weight excluding hydrogens is 380 g/mol. The molecule has 0 saturated carbocycles. The fourth-order valence-corrected chi connectivity index (χ4v) is 4.45. The van der Waals surface area contributed by atoms with E-state index in [1.807, 2.05) is 12.1 Å². The summed E-state index contributed by atoms with van der Waals surface area (Å²) in [6.45, 7) is 2.29. The Morgan fingerprint density at radius 3 is 2.54 bits per heavy atom. The van der Waals surface area contributed by atoms with Crippen molar-refractivity contribution in [3.63, 3.8) is 0 Å². The molecule has 2 heterocycles. The molecule has 1 saturated heterocycles. The van der Waals surface area contributed by atoms with Crippen LogP contribution in [0.3, 0.4) is 0 Å². The quantitative estimate of drug-likeness (QED) is 0.436. The zero-order valence-corrected chi connectivity index (χ0v) is 15.4. The van der Waals surface area contributed by atoms with Crippen LogP contribution in [0, 0.1) is 10.1 Å². The smallest absolute Gasteiger partial charge is 0.270 e. The van der Waals surface area contributed by atoms with Gasteiger partial charge < -0.3 is 0 Å². The molecule has 10 heteroatoms. The molecule has 3 rings (SSSR count). The Balaban J connectivity index is 1.68. The summed E-state index contributed by atoms with van der Waals surface area (Å²) in [6.07, 6.45) is 1.62. The summed E-state index contributed by atoms with van der Waals surface area (Å²) in [6, 6.07) is 8.83. The lowest BCUT2D eigenvalue weighted by Crippen LogP contribution is -2.48. The molecule has 0 amide bonds. The maximum absolute atomic E-state index is 12.7. The highest BCUT2D eigenvalue weighted by Gasteiger charge is 2.29. The second kappa shape index (κ2) is 7.67. The van der Waals surface area contributed by atoms with Crippen LogP contribution < -0.4 is 0 Å². The second-order valence-corrected chi connectivity index (χ2v) is 8.18. The van der Waals surface area contributed by atoms with Crippen LogP contribution in [0.5, 0.6) is 0 Å². The molecule has 0 atom stereocenters. The number of nitro groups is 1. The van der Waals surface area contributed by atoms with Gasteiger partial charge >= 0.3 is 0 Å². The summed E-state index contributed by atoms with van der Waals surface area (Å²) in [7, 11) is -3.76. The Morgan fingerprint density at radius 2 is 1.88 bits per heavy atom. The number of nitro benzene ring substituents is 1. The van der Waals surface area contributed by atoms with Gasteiger partial charge in [0.2, 0.25) is 10.0 Å². The summed E-state index contributed by atoms with van der Waals surface area (Å²) < 4.78 is 26.8. The van der Waals surface area contributed by atoms with Crippen LogP contribution in [0.4, 0.5) is 5.69 Å². The maximum Gasteiger partial charge on any atom is 0.270 e. The van der Waals surface area contributed by atoms with Crippen LogP contribution in [0.15, 0.2) is 47.5 Å². The molecule has 0 spiro atoms. The van der Waals surface area contributed by atoms with Gasteiger partial charge in [-0.15, -0.1) is 0 Å². The van der Waals surface area contributed by atoms with Gasteiger partial charge in [-0.1, -0.05) is 23.7 Å². The fraction of sp³-hybridized carbons (Fsp3) is 0.312. The van der Waals surface area contributed by atoms with Crippen molar-refractivity contribution >= 4 is 27.3 Å². The van der Waals surface area contributed by atoms with E-state index in [4.69, 9.17) is 11.6 Å². The minimum absolute atomic E-state index is 0.0598. The van der Waals surface area contributed by atoms with E-state index in [0.29, 0.717) is 37.9 Å². The Morgan fingerprint density at radius 1 is 1.15 bits per heavy atom. The molecule has 1 aliphatic rings. The second-order valence-electron chi connectivity index (χ2n) is 5.89. The topological polar surface area (TPSA) is 96.6 Å². The molecule has 1 aromatic carbocycles. The first-order valence-corrected chi connectivity index (χ1v) is 9.76. The van der Waals surface area contributed by atoms with Crippen molar-refractivity contribution in [1.82, 2.24) is 14.2 Å². The van der Waals surface area contributed by atoms with E-state index < -0.39 is 14.9 Å². The third-order valence-corrected chi connectivity index (χ3v) is 6.46. The molecule has 138 valence electrons. The molecule has 26 heavy (non-hydrogen) atoms. The number of piperazine rings is 1. The van der Waals surface area contributed by atoms with Gasteiger partial charge in [-0.05, 0) is 12.1 Å². The molecule has 0 radical (unpaired) electrons.